The van der Waals surface area contributed by atoms with E-state index in [0.29, 0.717) is 11.6 Å². The van der Waals surface area contributed by atoms with Gasteiger partial charge in [0.2, 0.25) is 0 Å². The minimum Gasteiger partial charge on any atom is -0.280 e. The minimum atomic E-state index is -3.77. The average Bonchev–Trinajstić information content (AvgIpc) is 2.68. The van der Waals surface area contributed by atoms with E-state index in [9.17, 15) is 16.8 Å². The van der Waals surface area contributed by atoms with E-state index >= 15 is 0 Å². The smallest absolute Gasteiger partial charge is 0.261 e. The molecule has 0 saturated carbocycles. The number of hydrogen-bond donors (Lipinski definition) is 2. The van der Waals surface area contributed by atoms with E-state index in [1.165, 1.54) is 24.3 Å². The lowest BCUT2D eigenvalue weighted by molar-refractivity contribution is 0.600. The third kappa shape index (κ3) is 5.16. The topological polar surface area (TPSA) is 92.3 Å². The normalized spacial score (nSPS) is 12.0. The van der Waals surface area contributed by atoms with Gasteiger partial charge in [0.1, 0.15) is 0 Å². The van der Waals surface area contributed by atoms with E-state index < -0.39 is 20.0 Å². The molecule has 0 heterocycles. The second-order valence-corrected chi connectivity index (χ2v) is 10.2. The third-order valence-electron chi connectivity index (χ3n) is 4.30. The zero-order chi connectivity index (χ0) is 21.1. The Balaban J connectivity index is 1.76. The molecule has 152 valence electrons. The highest BCUT2D eigenvalue weighted by Gasteiger charge is 2.17. The predicted octanol–water partition coefficient (Wildman–Crippen LogP) is 4.41. The van der Waals surface area contributed by atoms with Crippen molar-refractivity contribution in [3.05, 3.63) is 84.4 Å². The quantitative estimate of drug-likeness (QED) is 0.581. The fourth-order valence-electron chi connectivity index (χ4n) is 2.67. The fraction of sp³-hybridized carbons (Fsp3) is 0.143. The van der Waals surface area contributed by atoms with Crippen molar-refractivity contribution in [1.29, 1.82) is 0 Å². The molecular weight excluding hydrogens is 408 g/mol. The number of anilines is 2. The van der Waals surface area contributed by atoms with Crippen LogP contribution in [0.3, 0.4) is 0 Å². The largest absolute Gasteiger partial charge is 0.280 e. The lowest BCUT2D eigenvalue weighted by Crippen LogP contribution is -2.14. The monoisotopic (exact) mass is 430 g/mol. The Bertz CT molecular complexity index is 1170. The fourth-order valence-corrected chi connectivity index (χ4v) is 4.79. The van der Waals surface area contributed by atoms with Crippen LogP contribution < -0.4 is 9.44 Å². The number of nitrogens with one attached hydrogen (secondary N) is 2. The van der Waals surface area contributed by atoms with Crippen molar-refractivity contribution < 1.29 is 16.8 Å². The standard InChI is InChI=1S/C21H22N2O4S2/c1-16(2)17-8-12-20(13-9-17)28(24,25)23-19-10-14-21(15-11-19)29(26,27)22-18-6-4-3-5-7-18/h3-16,22-23H,1-2H3. The molecular formula is C21H22N2O4S2. The summed E-state index contributed by atoms with van der Waals surface area (Å²) >= 11 is 0. The molecule has 0 aliphatic heterocycles. The van der Waals surface area contributed by atoms with Crippen molar-refractivity contribution in [2.45, 2.75) is 29.6 Å². The number of benzene rings is 3. The molecule has 0 amide bonds. The lowest BCUT2D eigenvalue weighted by atomic mass is 10.0. The molecule has 0 bridgehead atoms. The number of sulfonamides is 2. The Morgan fingerprint density at radius 2 is 1.00 bits per heavy atom. The summed E-state index contributed by atoms with van der Waals surface area (Å²) in [4.78, 5) is 0.176. The molecule has 0 saturated heterocycles. The molecule has 0 fully saturated rings. The Kier molecular flexibility index (Phi) is 5.95. The maximum Gasteiger partial charge on any atom is 0.261 e. The van der Waals surface area contributed by atoms with Crippen LogP contribution in [-0.4, -0.2) is 16.8 Å². The summed E-state index contributed by atoms with van der Waals surface area (Å²) in [5, 5.41) is 0. The molecule has 8 heteroatoms. The highest BCUT2D eigenvalue weighted by Crippen LogP contribution is 2.22. The van der Waals surface area contributed by atoms with Crippen LogP contribution >= 0.6 is 0 Å². The average molecular weight is 431 g/mol. The second-order valence-electron chi connectivity index (χ2n) is 6.83. The predicted molar refractivity (Wildman–Crippen MR) is 115 cm³/mol. The zero-order valence-corrected chi connectivity index (χ0v) is 17.7. The van der Waals surface area contributed by atoms with Gasteiger partial charge in [0, 0.05) is 11.4 Å². The molecule has 3 aromatic rings. The molecule has 0 atom stereocenters. The van der Waals surface area contributed by atoms with Crippen molar-refractivity contribution in [2.24, 2.45) is 0 Å². The second kappa shape index (κ2) is 8.26. The van der Waals surface area contributed by atoms with Gasteiger partial charge in [0.25, 0.3) is 20.0 Å². The van der Waals surface area contributed by atoms with Crippen LogP contribution in [0.1, 0.15) is 25.3 Å². The maximum absolute atomic E-state index is 12.6. The molecule has 0 radical (unpaired) electrons. The molecule has 29 heavy (non-hydrogen) atoms. The molecule has 0 aliphatic carbocycles. The number of hydrogen-bond acceptors (Lipinski definition) is 4. The number of para-hydroxylation sites is 1. The Hall–Kier alpha value is -2.84. The highest BCUT2D eigenvalue weighted by molar-refractivity contribution is 7.93. The van der Waals surface area contributed by atoms with Gasteiger partial charge in [-0.05, 0) is 60.0 Å². The summed E-state index contributed by atoms with van der Waals surface area (Å²) in [5.41, 5.74) is 1.77. The summed E-state index contributed by atoms with van der Waals surface area (Å²) in [6.07, 6.45) is 0. The summed E-state index contributed by atoms with van der Waals surface area (Å²) in [5.74, 6) is 0.304. The van der Waals surface area contributed by atoms with Gasteiger partial charge in [-0.2, -0.15) is 0 Å². The molecule has 3 aromatic carbocycles. The van der Waals surface area contributed by atoms with Gasteiger partial charge < -0.3 is 0 Å². The highest BCUT2D eigenvalue weighted by atomic mass is 32.2. The SMILES string of the molecule is CC(C)c1ccc(S(=O)(=O)Nc2ccc(S(=O)(=O)Nc3ccccc3)cc2)cc1. The molecule has 0 aromatic heterocycles. The van der Waals surface area contributed by atoms with E-state index in [0.717, 1.165) is 5.56 Å². The van der Waals surface area contributed by atoms with Crippen LogP contribution in [0.25, 0.3) is 0 Å². The van der Waals surface area contributed by atoms with Crippen LogP contribution in [0.5, 0.6) is 0 Å². The van der Waals surface area contributed by atoms with Gasteiger partial charge in [-0.25, -0.2) is 16.8 Å². The van der Waals surface area contributed by atoms with Crippen LogP contribution in [0.2, 0.25) is 0 Å². The molecule has 0 unspecified atom stereocenters. The Labute approximate surface area is 171 Å². The van der Waals surface area contributed by atoms with Crippen molar-refractivity contribution in [3.8, 4) is 0 Å². The maximum atomic E-state index is 12.6. The van der Waals surface area contributed by atoms with Gasteiger partial charge in [-0.3, -0.25) is 9.44 Å². The van der Waals surface area contributed by atoms with E-state index in [1.807, 2.05) is 13.8 Å². The van der Waals surface area contributed by atoms with E-state index in [2.05, 4.69) is 9.44 Å². The first-order chi connectivity index (χ1) is 13.7. The van der Waals surface area contributed by atoms with E-state index in [1.54, 1.807) is 54.6 Å². The first kappa shape index (κ1) is 20.9. The lowest BCUT2D eigenvalue weighted by Gasteiger charge is -2.11. The summed E-state index contributed by atoms with van der Waals surface area (Å²) in [6, 6.07) is 20.7. The van der Waals surface area contributed by atoms with Gasteiger partial charge in [-0.15, -0.1) is 0 Å². The van der Waals surface area contributed by atoms with Gasteiger partial charge >= 0.3 is 0 Å². The zero-order valence-electron chi connectivity index (χ0n) is 16.0. The van der Waals surface area contributed by atoms with Crippen molar-refractivity contribution in [3.63, 3.8) is 0 Å². The Morgan fingerprint density at radius 1 is 0.586 bits per heavy atom. The molecule has 0 spiro atoms. The molecule has 6 nitrogen and oxygen atoms in total. The minimum absolute atomic E-state index is 0.0330. The molecule has 2 N–H and O–H groups in total. The summed E-state index contributed by atoms with van der Waals surface area (Å²) < 4.78 is 55.0. The summed E-state index contributed by atoms with van der Waals surface area (Å²) in [7, 11) is -7.53. The van der Waals surface area contributed by atoms with E-state index in [-0.39, 0.29) is 15.5 Å². The van der Waals surface area contributed by atoms with Gasteiger partial charge in [0.05, 0.1) is 9.79 Å². The van der Waals surface area contributed by atoms with Gasteiger partial charge in [0.15, 0.2) is 0 Å². The first-order valence-electron chi connectivity index (χ1n) is 8.98. The van der Waals surface area contributed by atoms with Crippen molar-refractivity contribution >= 4 is 31.4 Å². The van der Waals surface area contributed by atoms with Crippen LogP contribution in [0.15, 0.2) is 88.7 Å². The van der Waals surface area contributed by atoms with Crippen molar-refractivity contribution in [2.75, 3.05) is 9.44 Å². The van der Waals surface area contributed by atoms with Crippen LogP contribution in [-0.2, 0) is 20.0 Å². The molecule has 0 aliphatic rings. The molecule has 3 rings (SSSR count). The first-order valence-corrected chi connectivity index (χ1v) is 11.9. The van der Waals surface area contributed by atoms with Crippen LogP contribution in [0.4, 0.5) is 11.4 Å². The third-order valence-corrected chi connectivity index (χ3v) is 7.09. The van der Waals surface area contributed by atoms with Crippen LogP contribution in [0, 0.1) is 0 Å². The Morgan fingerprint density at radius 3 is 1.45 bits per heavy atom. The summed E-state index contributed by atoms with van der Waals surface area (Å²) in [6.45, 7) is 4.06. The number of rotatable bonds is 7. The van der Waals surface area contributed by atoms with Gasteiger partial charge in [-0.1, -0.05) is 44.2 Å². The van der Waals surface area contributed by atoms with Crippen molar-refractivity contribution in [1.82, 2.24) is 0 Å². The van der Waals surface area contributed by atoms with E-state index in [4.69, 9.17) is 0 Å².